The maximum atomic E-state index is 5.28. The van der Waals surface area contributed by atoms with Gasteiger partial charge in [0.05, 0.1) is 12.7 Å². The first-order valence-electron chi connectivity index (χ1n) is 5.98. The van der Waals surface area contributed by atoms with Gasteiger partial charge in [0.1, 0.15) is 5.76 Å². The van der Waals surface area contributed by atoms with Gasteiger partial charge in [0.25, 0.3) is 0 Å². The van der Waals surface area contributed by atoms with Crippen molar-refractivity contribution in [2.24, 2.45) is 5.92 Å². The highest BCUT2D eigenvalue weighted by atomic mass is 16.3. The van der Waals surface area contributed by atoms with E-state index in [-0.39, 0.29) is 0 Å². The van der Waals surface area contributed by atoms with Gasteiger partial charge in [0, 0.05) is 6.54 Å². The van der Waals surface area contributed by atoms with Crippen LogP contribution in [-0.4, -0.2) is 23.0 Å². The van der Waals surface area contributed by atoms with E-state index in [1.807, 2.05) is 6.20 Å². The number of oxazole rings is 1. The van der Waals surface area contributed by atoms with Crippen LogP contribution in [0.2, 0.25) is 0 Å². The average molecular weight is 208 g/mol. The van der Waals surface area contributed by atoms with E-state index in [2.05, 4.69) is 16.8 Å². The predicted octanol–water partition coefficient (Wildman–Crippen LogP) is 2.69. The Labute approximate surface area is 91.5 Å². The van der Waals surface area contributed by atoms with Crippen molar-refractivity contribution in [1.29, 1.82) is 0 Å². The monoisotopic (exact) mass is 208 g/mol. The smallest absolute Gasteiger partial charge is 0.180 e. The Bertz CT molecular complexity index is 269. The molecule has 15 heavy (non-hydrogen) atoms. The van der Waals surface area contributed by atoms with Crippen LogP contribution < -0.4 is 0 Å². The molecule has 2 rings (SSSR count). The van der Waals surface area contributed by atoms with E-state index in [4.69, 9.17) is 4.42 Å². The molecular formula is C12H20N2O. The van der Waals surface area contributed by atoms with Gasteiger partial charge < -0.3 is 4.42 Å². The van der Waals surface area contributed by atoms with E-state index in [0.717, 1.165) is 18.2 Å². The lowest BCUT2D eigenvalue weighted by Crippen LogP contribution is -2.34. The molecule has 1 fully saturated rings. The second-order valence-electron chi connectivity index (χ2n) is 4.50. The Balaban J connectivity index is 1.82. The van der Waals surface area contributed by atoms with E-state index in [1.54, 1.807) is 0 Å². The number of rotatable bonds is 4. The summed E-state index contributed by atoms with van der Waals surface area (Å²) in [7, 11) is 0. The molecule has 1 saturated heterocycles. The highest BCUT2D eigenvalue weighted by molar-refractivity contribution is 4.89. The second kappa shape index (κ2) is 5.31. The van der Waals surface area contributed by atoms with Crippen LogP contribution >= 0.6 is 0 Å². The van der Waals surface area contributed by atoms with E-state index in [9.17, 15) is 0 Å². The normalized spacial score (nSPS) is 23.1. The van der Waals surface area contributed by atoms with Crippen LogP contribution in [0.1, 0.15) is 38.4 Å². The molecule has 0 bridgehead atoms. The van der Waals surface area contributed by atoms with E-state index < -0.39 is 0 Å². The fraction of sp³-hybridized carbons (Fsp3) is 0.750. The molecule has 1 atom stereocenters. The Morgan fingerprint density at radius 3 is 3.27 bits per heavy atom. The van der Waals surface area contributed by atoms with Crippen LogP contribution in [0.25, 0.3) is 0 Å². The second-order valence-corrected chi connectivity index (χ2v) is 4.50. The third kappa shape index (κ3) is 3.06. The van der Waals surface area contributed by atoms with Crippen LogP contribution in [-0.2, 0) is 6.54 Å². The first-order valence-corrected chi connectivity index (χ1v) is 5.98. The first kappa shape index (κ1) is 10.7. The average Bonchev–Trinajstić information content (AvgIpc) is 2.71. The molecule has 0 aliphatic carbocycles. The maximum Gasteiger partial charge on any atom is 0.180 e. The lowest BCUT2D eigenvalue weighted by Gasteiger charge is -2.31. The fourth-order valence-corrected chi connectivity index (χ4v) is 2.48. The molecule has 1 aromatic heterocycles. The molecule has 3 heteroatoms. The quantitative estimate of drug-likeness (QED) is 0.761. The summed E-state index contributed by atoms with van der Waals surface area (Å²) in [6, 6.07) is 0. The molecule has 0 spiro atoms. The van der Waals surface area contributed by atoms with Crippen LogP contribution in [0.4, 0.5) is 0 Å². The number of hydrogen-bond acceptors (Lipinski definition) is 3. The van der Waals surface area contributed by atoms with Crippen molar-refractivity contribution in [3.05, 3.63) is 18.4 Å². The van der Waals surface area contributed by atoms with Gasteiger partial charge in [-0.15, -0.1) is 0 Å². The highest BCUT2D eigenvalue weighted by Crippen LogP contribution is 2.21. The highest BCUT2D eigenvalue weighted by Gasteiger charge is 2.19. The van der Waals surface area contributed by atoms with Crippen molar-refractivity contribution < 1.29 is 4.42 Å². The van der Waals surface area contributed by atoms with Gasteiger partial charge in [0.15, 0.2) is 6.39 Å². The topological polar surface area (TPSA) is 29.3 Å². The van der Waals surface area contributed by atoms with E-state index in [1.165, 1.54) is 45.2 Å². The van der Waals surface area contributed by atoms with Gasteiger partial charge in [-0.1, -0.05) is 13.3 Å². The maximum absolute atomic E-state index is 5.28. The van der Waals surface area contributed by atoms with Gasteiger partial charge in [-0.05, 0) is 31.7 Å². The first-order chi connectivity index (χ1) is 7.38. The van der Waals surface area contributed by atoms with Gasteiger partial charge >= 0.3 is 0 Å². The molecular weight excluding hydrogens is 188 g/mol. The molecule has 0 N–H and O–H groups in total. The summed E-state index contributed by atoms with van der Waals surface area (Å²) in [5.74, 6) is 1.89. The van der Waals surface area contributed by atoms with Gasteiger partial charge in [-0.3, -0.25) is 4.90 Å². The molecule has 1 aliphatic heterocycles. The molecule has 1 unspecified atom stereocenters. The summed E-state index contributed by atoms with van der Waals surface area (Å²) in [5, 5.41) is 0. The number of hydrogen-bond donors (Lipinski definition) is 0. The summed E-state index contributed by atoms with van der Waals surface area (Å²) in [4.78, 5) is 6.44. The third-order valence-corrected chi connectivity index (χ3v) is 3.16. The van der Waals surface area contributed by atoms with Crippen LogP contribution in [0.15, 0.2) is 17.0 Å². The lowest BCUT2D eigenvalue weighted by atomic mass is 9.94. The summed E-state index contributed by atoms with van der Waals surface area (Å²) < 4.78 is 5.28. The predicted molar refractivity (Wildman–Crippen MR) is 59.4 cm³/mol. The number of likely N-dealkylation sites (tertiary alicyclic amines) is 1. The van der Waals surface area contributed by atoms with E-state index in [0.29, 0.717) is 0 Å². The Morgan fingerprint density at radius 2 is 2.53 bits per heavy atom. The Hall–Kier alpha value is -0.830. The van der Waals surface area contributed by atoms with Crippen molar-refractivity contribution in [3.8, 4) is 0 Å². The molecule has 84 valence electrons. The van der Waals surface area contributed by atoms with Crippen LogP contribution in [0.3, 0.4) is 0 Å². The van der Waals surface area contributed by atoms with Crippen LogP contribution in [0.5, 0.6) is 0 Å². The summed E-state index contributed by atoms with van der Waals surface area (Å²) in [5.41, 5.74) is 0. The van der Waals surface area contributed by atoms with Crippen molar-refractivity contribution >= 4 is 0 Å². The van der Waals surface area contributed by atoms with Crippen molar-refractivity contribution in [2.75, 3.05) is 13.1 Å². The van der Waals surface area contributed by atoms with E-state index >= 15 is 0 Å². The minimum atomic E-state index is 0.895. The summed E-state index contributed by atoms with van der Waals surface area (Å²) in [6.07, 6.45) is 8.75. The van der Waals surface area contributed by atoms with Gasteiger partial charge in [-0.2, -0.15) is 0 Å². The minimum Gasteiger partial charge on any atom is -0.447 e. The molecule has 3 nitrogen and oxygen atoms in total. The lowest BCUT2D eigenvalue weighted by molar-refractivity contribution is 0.151. The molecule has 0 saturated carbocycles. The molecule has 0 radical (unpaired) electrons. The molecule has 1 aliphatic rings. The summed E-state index contributed by atoms with van der Waals surface area (Å²) >= 11 is 0. The van der Waals surface area contributed by atoms with Crippen molar-refractivity contribution in [1.82, 2.24) is 9.88 Å². The zero-order valence-electron chi connectivity index (χ0n) is 9.48. The largest absolute Gasteiger partial charge is 0.447 e. The zero-order chi connectivity index (χ0) is 10.5. The fourth-order valence-electron chi connectivity index (χ4n) is 2.48. The Kier molecular flexibility index (Phi) is 3.78. The third-order valence-electron chi connectivity index (χ3n) is 3.16. The van der Waals surface area contributed by atoms with Crippen molar-refractivity contribution in [3.63, 3.8) is 0 Å². The van der Waals surface area contributed by atoms with Gasteiger partial charge in [-0.25, -0.2) is 4.98 Å². The van der Waals surface area contributed by atoms with Crippen molar-refractivity contribution in [2.45, 2.75) is 39.2 Å². The SMILES string of the molecule is CCCC1CCCN(Cc2cnco2)C1. The zero-order valence-corrected chi connectivity index (χ0v) is 9.48. The molecule has 0 amide bonds. The minimum absolute atomic E-state index is 0.895. The molecule has 2 heterocycles. The summed E-state index contributed by atoms with van der Waals surface area (Å²) in [6.45, 7) is 5.64. The standard InChI is InChI=1S/C12H20N2O/c1-2-4-11-5-3-6-14(8-11)9-12-7-13-10-15-12/h7,10-11H,2-6,8-9H2,1H3. The molecule has 0 aromatic carbocycles. The van der Waals surface area contributed by atoms with Gasteiger partial charge in [0.2, 0.25) is 0 Å². The Morgan fingerprint density at radius 1 is 1.60 bits per heavy atom. The number of aromatic nitrogens is 1. The van der Waals surface area contributed by atoms with Crippen LogP contribution in [0, 0.1) is 5.92 Å². The number of nitrogens with zero attached hydrogens (tertiary/aromatic N) is 2. The molecule has 1 aromatic rings. The number of piperidine rings is 1.